The highest BCUT2D eigenvalue weighted by atomic mass is 16.4. The van der Waals surface area contributed by atoms with E-state index in [0.717, 1.165) is 31.4 Å². The quantitative estimate of drug-likeness (QED) is 0.427. The van der Waals surface area contributed by atoms with Crippen molar-refractivity contribution in [2.75, 3.05) is 0 Å². The van der Waals surface area contributed by atoms with Crippen LogP contribution in [0.25, 0.3) is 0 Å². The molecule has 2 saturated carbocycles. The number of nitrogens with zero attached hydrogens (tertiary/aromatic N) is 1. The second-order valence-corrected chi connectivity index (χ2v) is 4.23. The molecule has 2 rings (SSSR count). The molecule has 0 amide bonds. The van der Waals surface area contributed by atoms with Crippen molar-refractivity contribution in [2.45, 2.75) is 44.1 Å². The number of fused-ring (bicyclic) bond motifs is 2. The van der Waals surface area contributed by atoms with E-state index in [1.165, 1.54) is 6.42 Å². The first kappa shape index (κ1) is 8.05. The molecule has 2 N–H and O–H groups in total. The van der Waals surface area contributed by atoms with Crippen molar-refractivity contribution in [1.29, 1.82) is 0 Å². The van der Waals surface area contributed by atoms with Gasteiger partial charge in [-0.05, 0) is 31.6 Å². The molecule has 0 unspecified atom stereocenters. The Labute approximate surface area is 72.1 Å². The minimum Gasteiger partial charge on any atom is -0.411 e. The second kappa shape index (κ2) is 2.73. The van der Waals surface area contributed by atoms with Crippen LogP contribution < -0.4 is 0 Å². The molecule has 2 aliphatic carbocycles. The topological polar surface area (TPSA) is 52.8 Å². The van der Waals surface area contributed by atoms with Gasteiger partial charge in [0.1, 0.15) is 0 Å². The van der Waals surface area contributed by atoms with E-state index in [4.69, 9.17) is 5.21 Å². The van der Waals surface area contributed by atoms with Gasteiger partial charge in [0.25, 0.3) is 0 Å². The highest BCUT2D eigenvalue weighted by Crippen LogP contribution is 2.41. The molecule has 2 fully saturated rings. The zero-order valence-corrected chi connectivity index (χ0v) is 7.16. The van der Waals surface area contributed by atoms with Gasteiger partial charge in [0.05, 0.1) is 11.3 Å². The molecule has 0 aromatic carbocycles. The van der Waals surface area contributed by atoms with Crippen molar-refractivity contribution < 1.29 is 10.3 Å². The summed E-state index contributed by atoms with van der Waals surface area (Å²) in [7, 11) is 0. The van der Waals surface area contributed by atoms with Crippen molar-refractivity contribution in [2.24, 2.45) is 11.1 Å². The van der Waals surface area contributed by atoms with Gasteiger partial charge in [0.15, 0.2) is 0 Å². The van der Waals surface area contributed by atoms with Crippen molar-refractivity contribution in [3.8, 4) is 0 Å². The summed E-state index contributed by atoms with van der Waals surface area (Å²) in [6, 6.07) is 0. The van der Waals surface area contributed by atoms with Crippen LogP contribution in [0, 0.1) is 5.92 Å². The fourth-order valence-electron chi connectivity index (χ4n) is 2.66. The molecular formula is C9H15NO2. The largest absolute Gasteiger partial charge is 0.411 e. The Kier molecular flexibility index (Phi) is 1.83. The molecule has 0 aromatic heterocycles. The van der Waals surface area contributed by atoms with Crippen LogP contribution in [0.4, 0.5) is 0 Å². The molecule has 0 saturated heterocycles. The smallest absolute Gasteiger partial charge is 0.0703 e. The third kappa shape index (κ3) is 1.33. The predicted octanol–water partition coefficient (Wildman–Crippen LogP) is 1.53. The van der Waals surface area contributed by atoms with Crippen LogP contribution in [0.3, 0.4) is 0 Å². The van der Waals surface area contributed by atoms with Gasteiger partial charge in [-0.15, -0.1) is 0 Å². The Morgan fingerprint density at radius 2 is 2.33 bits per heavy atom. The average molecular weight is 169 g/mol. The lowest BCUT2D eigenvalue weighted by Gasteiger charge is -2.41. The number of hydrogen-bond acceptors (Lipinski definition) is 3. The Morgan fingerprint density at radius 3 is 3.00 bits per heavy atom. The lowest BCUT2D eigenvalue weighted by molar-refractivity contribution is -0.0189. The fourth-order valence-corrected chi connectivity index (χ4v) is 2.66. The molecule has 3 nitrogen and oxygen atoms in total. The molecule has 0 aliphatic heterocycles. The Hall–Kier alpha value is -0.570. The molecule has 12 heavy (non-hydrogen) atoms. The first-order chi connectivity index (χ1) is 5.72. The molecule has 68 valence electrons. The van der Waals surface area contributed by atoms with Crippen LogP contribution in [0.5, 0.6) is 0 Å². The van der Waals surface area contributed by atoms with Crippen molar-refractivity contribution >= 4 is 5.71 Å². The first-order valence-electron chi connectivity index (χ1n) is 4.64. The van der Waals surface area contributed by atoms with Crippen LogP contribution in [-0.4, -0.2) is 21.6 Å². The maximum Gasteiger partial charge on any atom is 0.0703 e. The van der Waals surface area contributed by atoms with E-state index in [0.29, 0.717) is 12.3 Å². The highest BCUT2D eigenvalue weighted by Gasteiger charge is 2.40. The van der Waals surface area contributed by atoms with Gasteiger partial charge < -0.3 is 10.3 Å². The predicted molar refractivity (Wildman–Crippen MR) is 45.4 cm³/mol. The van der Waals surface area contributed by atoms with E-state index >= 15 is 0 Å². The average Bonchev–Trinajstić information content (AvgIpc) is 2.02. The molecule has 0 aromatic rings. The fraction of sp³-hybridized carbons (Fsp3) is 0.889. The first-order valence-corrected chi connectivity index (χ1v) is 4.64. The summed E-state index contributed by atoms with van der Waals surface area (Å²) in [5.74, 6) is 0.559. The van der Waals surface area contributed by atoms with Crippen molar-refractivity contribution in [1.82, 2.24) is 0 Å². The highest BCUT2D eigenvalue weighted by molar-refractivity contribution is 5.86. The van der Waals surface area contributed by atoms with Crippen LogP contribution in [0.1, 0.15) is 38.5 Å². The molecule has 3 heteroatoms. The van der Waals surface area contributed by atoms with E-state index in [1.54, 1.807) is 0 Å². The van der Waals surface area contributed by atoms with Gasteiger partial charge in [-0.1, -0.05) is 11.6 Å². The Bertz CT molecular complexity index is 215. The lowest BCUT2D eigenvalue weighted by atomic mass is 9.68. The van der Waals surface area contributed by atoms with E-state index in [-0.39, 0.29) is 0 Å². The minimum absolute atomic E-state index is 0.539. The molecular weight excluding hydrogens is 154 g/mol. The van der Waals surface area contributed by atoms with Crippen molar-refractivity contribution in [3.63, 3.8) is 0 Å². The summed E-state index contributed by atoms with van der Waals surface area (Å²) in [5, 5.41) is 21.9. The number of rotatable bonds is 0. The van der Waals surface area contributed by atoms with Crippen LogP contribution in [0.15, 0.2) is 5.16 Å². The number of oxime groups is 1. The number of aliphatic hydroxyl groups is 1. The summed E-state index contributed by atoms with van der Waals surface area (Å²) in [5.41, 5.74) is 0.247. The molecule has 2 aliphatic rings. The third-order valence-corrected chi connectivity index (χ3v) is 3.12. The molecule has 0 heterocycles. The molecule has 0 radical (unpaired) electrons. The maximum atomic E-state index is 10.0. The van der Waals surface area contributed by atoms with E-state index in [1.807, 2.05) is 0 Å². The third-order valence-electron chi connectivity index (χ3n) is 3.12. The SMILES string of the molecule is O/N=C1\C[C@H]2CCC[C@](O)(C1)C2. The standard InChI is InChI=1S/C9H15NO2/c11-9-3-1-2-7(5-9)4-8(6-9)10-12/h7,11-12H,1-6H2/b10-8+/t7-,9-/m1/s1. The van der Waals surface area contributed by atoms with Gasteiger partial charge in [-0.3, -0.25) is 0 Å². The van der Waals surface area contributed by atoms with Gasteiger partial charge in [-0.2, -0.15) is 0 Å². The summed E-state index contributed by atoms with van der Waals surface area (Å²) in [6.07, 6.45) is 5.56. The summed E-state index contributed by atoms with van der Waals surface area (Å²) >= 11 is 0. The van der Waals surface area contributed by atoms with E-state index in [9.17, 15) is 5.11 Å². The zero-order chi connectivity index (χ0) is 8.60. The Morgan fingerprint density at radius 1 is 1.50 bits per heavy atom. The molecule has 2 bridgehead atoms. The Balaban J connectivity index is 2.15. The van der Waals surface area contributed by atoms with E-state index < -0.39 is 5.60 Å². The normalized spacial score (nSPS) is 44.8. The second-order valence-electron chi connectivity index (χ2n) is 4.23. The summed E-state index contributed by atoms with van der Waals surface area (Å²) < 4.78 is 0. The molecule has 2 atom stereocenters. The van der Waals surface area contributed by atoms with Gasteiger partial charge in [0.2, 0.25) is 0 Å². The number of hydrogen-bond donors (Lipinski definition) is 2. The zero-order valence-electron chi connectivity index (χ0n) is 7.16. The van der Waals surface area contributed by atoms with Gasteiger partial charge in [0, 0.05) is 6.42 Å². The summed E-state index contributed by atoms with van der Waals surface area (Å²) in [6.45, 7) is 0. The van der Waals surface area contributed by atoms with Crippen LogP contribution in [-0.2, 0) is 0 Å². The van der Waals surface area contributed by atoms with E-state index in [2.05, 4.69) is 5.16 Å². The van der Waals surface area contributed by atoms with Gasteiger partial charge >= 0.3 is 0 Å². The summed E-state index contributed by atoms with van der Waals surface area (Å²) in [4.78, 5) is 0. The van der Waals surface area contributed by atoms with Crippen LogP contribution in [0.2, 0.25) is 0 Å². The monoisotopic (exact) mass is 169 g/mol. The van der Waals surface area contributed by atoms with Crippen LogP contribution >= 0.6 is 0 Å². The minimum atomic E-state index is -0.539. The van der Waals surface area contributed by atoms with Crippen molar-refractivity contribution in [3.05, 3.63) is 0 Å². The molecule has 0 spiro atoms. The van der Waals surface area contributed by atoms with Gasteiger partial charge in [-0.25, -0.2) is 0 Å². The maximum absolute atomic E-state index is 10.0. The lowest BCUT2D eigenvalue weighted by Crippen LogP contribution is -2.42.